The first kappa shape index (κ1) is 13.9. The quantitative estimate of drug-likeness (QED) is 0.782. The van der Waals surface area contributed by atoms with Crippen LogP contribution in [0.2, 0.25) is 5.02 Å². The van der Waals surface area contributed by atoms with Crippen LogP contribution in [0.1, 0.15) is 23.2 Å². The molecule has 2 rings (SSSR count). The number of piperidine rings is 1. The van der Waals surface area contributed by atoms with Gasteiger partial charge in [0.1, 0.15) is 0 Å². The molecule has 5 heteroatoms. The van der Waals surface area contributed by atoms with Gasteiger partial charge in [0.15, 0.2) is 0 Å². The van der Waals surface area contributed by atoms with E-state index in [-0.39, 0.29) is 17.8 Å². The molecule has 1 fully saturated rings. The Hall–Kier alpha value is -1.55. The second-order valence-corrected chi connectivity index (χ2v) is 5.06. The third-order valence-electron chi connectivity index (χ3n) is 3.31. The van der Waals surface area contributed by atoms with Gasteiger partial charge >= 0.3 is 5.97 Å². The number of esters is 1. The molecular formula is C14H16ClNO3. The highest BCUT2D eigenvalue weighted by molar-refractivity contribution is 6.30. The Morgan fingerprint density at radius 2 is 2.21 bits per heavy atom. The predicted octanol–water partition coefficient (Wildman–Crippen LogP) is 2.37. The maximum absolute atomic E-state index is 12.3. The molecule has 0 radical (unpaired) electrons. The van der Waals surface area contributed by atoms with E-state index in [1.165, 1.54) is 7.11 Å². The first-order valence-electron chi connectivity index (χ1n) is 6.24. The van der Waals surface area contributed by atoms with E-state index in [1.54, 1.807) is 29.2 Å². The molecule has 1 aliphatic heterocycles. The molecule has 0 N–H and O–H groups in total. The molecule has 1 aliphatic rings. The van der Waals surface area contributed by atoms with Gasteiger partial charge in [-0.05, 0) is 31.0 Å². The fourth-order valence-corrected chi connectivity index (χ4v) is 2.52. The van der Waals surface area contributed by atoms with Crippen LogP contribution >= 0.6 is 11.6 Å². The SMILES string of the molecule is COC(=O)[C@H]1CCCN(C(=O)c2cccc(Cl)c2)C1. The van der Waals surface area contributed by atoms with Gasteiger partial charge in [0.05, 0.1) is 13.0 Å². The second-order valence-electron chi connectivity index (χ2n) is 4.62. The average molecular weight is 282 g/mol. The second kappa shape index (κ2) is 6.06. The van der Waals surface area contributed by atoms with Crippen molar-refractivity contribution in [3.63, 3.8) is 0 Å². The number of amides is 1. The van der Waals surface area contributed by atoms with Crippen LogP contribution in [0, 0.1) is 5.92 Å². The van der Waals surface area contributed by atoms with Gasteiger partial charge in [0.25, 0.3) is 5.91 Å². The monoisotopic (exact) mass is 281 g/mol. The van der Waals surface area contributed by atoms with Crippen LogP contribution in [0.15, 0.2) is 24.3 Å². The van der Waals surface area contributed by atoms with E-state index in [2.05, 4.69) is 0 Å². The summed E-state index contributed by atoms with van der Waals surface area (Å²) in [6.45, 7) is 1.08. The van der Waals surface area contributed by atoms with Crippen LogP contribution in [0.5, 0.6) is 0 Å². The lowest BCUT2D eigenvalue weighted by Gasteiger charge is -2.31. The van der Waals surface area contributed by atoms with Crippen LogP contribution in [0.3, 0.4) is 0 Å². The van der Waals surface area contributed by atoms with Gasteiger partial charge in [-0.15, -0.1) is 0 Å². The molecule has 0 spiro atoms. The Kier molecular flexibility index (Phi) is 4.43. The van der Waals surface area contributed by atoms with Crippen LogP contribution in [-0.4, -0.2) is 37.0 Å². The molecule has 1 saturated heterocycles. The average Bonchev–Trinajstić information content (AvgIpc) is 2.45. The van der Waals surface area contributed by atoms with Crippen molar-refractivity contribution in [1.82, 2.24) is 4.90 Å². The molecule has 19 heavy (non-hydrogen) atoms. The molecule has 4 nitrogen and oxygen atoms in total. The molecule has 1 amide bonds. The largest absolute Gasteiger partial charge is 0.469 e. The molecule has 1 aromatic carbocycles. The Balaban J connectivity index is 2.09. The Morgan fingerprint density at radius 1 is 1.42 bits per heavy atom. The zero-order valence-corrected chi connectivity index (χ0v) is 11.5. The van der Waals surface area contributed by atoms with Crippen molar-refractivity contribution < 1.29 is 14.3 Å². The Labute approximate surface area is 117 Å². The normalized spacial score (nSPS) is 19.1. The lowest BCUT2D eigenvalue weighted by Crippen LogP contribution is -2.42. The third kappa shape index (κ3) is 3.26. The number of likely N-dealkylation sites (tertiary alicyclic amines) is 1. The molecule has 1 aromatic rings. The maximum atomic E-state index is 12.3. The fraction of sp³-hybridized carbons (Fsp3) is 0.429. The Morgan fingerprint density at radius 3 is 2.89 bits per heavy atom. The standard InChI is InChI=1S/C14H16ClNO3/c1-19-14(18)11-5-3-7-16(9-11)13(17)10-4-2-6-12(15)8-10/h2,4,6,8,11H,3,5,7,9H2,1H3/t11-/m0/s1. The van der Waals surface area contributed by atoms with Crippen molar-refractivity contribution in [2.45, 2.75) is 12.8 Å². The minimum atomic E-state index is -0.247. The zero-order chi connectivity index (χ0) is 13.8. The van der Waals surface area contributed by atoms with Crippen molar-refractivity contribution in [2.75, 3.05) is 20.2 Å². The van der Waals surface area contributed by atoms with Crippen LogP contribution in [0.4, 0.5) is 0 Å². The van der Waals surface area contributed by atoms with E-state index < -0.39 is 0 Å². The highest BCUT2D eigenvalue weighted by atomic mass is 35.5. The van der Waals surface area contributed by atoms with E-state index in [1.807, 2.05) is 0 Å². The highest BCUT2D eigenvalue weighted by Gasteiger charge is 2.29. The summed E-state index contributed by atoms with van der Waals surface area (Å²) in [4.78, 5) is 25.6. The van der Waals surface area contributed by atoms with Crippen molar-refractivity contribution >= 4 is 23.5 Å². The van der Waals surface area contributed by atoms with Crippen LogP contribution in [-0.2, 0) is 9.53 Å². The molecule has 102 valence electrons. The first-order valence-corrected chi connectivity index (χ1v) is 6.62. The number of carbonyl (C=O) groups is 2. The minimum Gasteiger partial charge on any atom is -0.469 e. The molecule has 1 heterocycles. The van der Waals surface area contributed by atoms with Crippen LogP contribution in [0.25, 0.3) is 0 Å². The zero-order valence-electron chi connectivity index (χ0n) is 10.8. The number of methoxy groups -OCH3 is 1. The molecule has 0 unspecified atom stereocenters. The van der Waals surface area contributed by atoms with E-state index in [4.69, 9.17) is 16.3 Å². The highest BCUT2D eigenvalue weighted by Crippen LogP contribution is 2.20. The fourth-order valence-electron chi connectivity index (χ4n) is 2.32. The van der Waals surface area contributed by atoms with Gasteiger partial charge in [0, 0.05) is 23.7 Å². The Bertz CT molecular complexity index is 489. The smallest absolute Gasteiger partial charge is 0.310 e. The van der Waals surface area contributed by atoms with Crippen molar-refractivity contribution in [2.24, 2.45) is 5.92 Å². The van der Waals surface area contributed by atoms with Gasteiger partial charge in [-0.2, -0.15) is 0 Å². The minimum absolute atomic E-state index is 0.0869. The first-order chi connectivity index (χ1) is 9.11. The molecule has 0 bridgehead atoms. The number of hydrogen-bond donors (Lipinski definition) is 0. The maximum Gasteiger partial charge on any atom is 0.310 e. The lowest BCUT2D eigenvalue weighted by atomic mass is 9.97. The number of nitrogens with zero attached hydrogens (tertiary/aromatic N) is 1. The molecule has 0 saturated carbocycles. The molecule has 1 atom stereocenters. The number of hydrogen-bond acceptors (Lipinski definition) is 3. The van der Waals surface area contributed by atoms with Crippen molar-refractivity contribution in [3.8, 4) is 0 Å². The lowest BCUT2D eigenvalue weighted by molar-refractivity contribution is -0.146. The summed E-state index contributed by atoms with van der Waals surface area (Å²) in [6.07, 6.45) is 1.58. The van der Waals surface area contributed by atoms with E-state index in [0.717, 1.165) is 12.8 Å². The number of benzene rings is 1. The van der Waals surface area contributed by atoms with Gasteiger partial charge in [-0.3, -0.25) is 9.59 Å². The number of carbonyl (C=O) groups excluding carboxylic acids is 2. The third-order valence-corrected chi connectivity index (χ3v) is 3.55. The van der Waals surface area contributed by atoms with Gasteiger partial charge in [0.2, 0.25) is 0 Å². The van der Waals surface area contributed by atoms with Gasteiger partial charge in [-0.1, -0.05) is 17.7 Å². The van der Waals surface area contributed by atoms with E-state index in [9.17, 15) is 9.59 Å². The van der Waals surface area contributed by atoms with Gasteiger partial charge < -0.3 is 9.64 Å². The topological polar surface area (TPSA) is 46.6 Å². The predicted molar refractivity (Wildman–Crippen MR) is 72.1 cm³/mol. The van der Waals surface area contributed by atoms with Gasteiger partial charge in [-0.25, -0.2) is 0 Å². The number of halogens is 1. The van der Waals surface area contributed by atoms with E-state index in [0.29, 0.717) is 23.7 Å². The van der Waals surface area contributed by atoms with Crippen molar-refractivity contribution in [3.05, 3.63) is 34.9 Å². The number of ether oxygens (including phenoxy) is 1. The molecular weight excluding hydrogens is 266 g/mol. The van der Waals surface area contributed by atoms with E-state index >= 15 is 0 Å². The summed E-state index contributed by atoms with van der Waals surface area (Å²) in [5, 5.41) is 0.535. The summed E-state index contributed by atoms with van der Waals surface area (Å²) in [5.74, 6) is -0.554. The van der Waals surface area contributed by atoms with Crippen molar-refractivity contribution in [1.29, 1.82) is 0 Å². The molecule has 0 aromatic heterocycles. The summed E-state index contributed by atoms with van der Waals surface area (Å²) >= 11 is 5.88. The molecule has 0 aliphatic carbocycles. The number of rotatable bonds is 2. The van der Waals surface area contributed by atoms with Crippen LogP contribution < -0.4 is 0 Å². The summed E-state index contributed by atoms with van der Waals surface area (Å²) in [6, 6.07) is 6.85. The summed E-state index contributed by atoms with van der Waals surface area (Å²) in [5.41, 5.74) is 0.554. The summed E-state index contributed by atoms with van der Waals surface area (Å²) < 4.78 is 4.74. The summed E-state index contributed by atoms with van der Waals surface area (Å²) in [7, 11) is 1.38.